The van der Waals surface area contributed by atoms with E-state index >= 15 is 0 Å². The second-order valence-electron chi connectivity index (χ2n) is 4.00. The van der Waals surface area contributed by atoms with Crippen molar-refractivity contribution >= 4 is 12.1 Å². The molecule has 0 saturated carbocycles. The number of benzene rings is 1. The van der Waals surface area contributed by atoms with E-state index in [9.17, 15) is 9.90 Å². The number of amides is 1. The van der Waals surface area contributed by atoms with Crippen molar-refractivity contribution in [1.82, 2.24) is 10.4 Å². The Hall–Kier alpha value is -2.69. The van der Waals surface area contributed by atoms with Gasteiger partial charge in [0.25, 0.3) is 5.91 Å². The Balaban J connectivity index is 2.02. The predicted molar refractivity (Wildman–Crippen MR) is 72.1 cm³/mol. The van der Waals surface area contributed by atoms with Crippen molar-refractivity contribution < 1.29 is 9.90 Å². The fourth-order valence-corrected chi connectivity index (χ4v) is 1.48. The van der Waals surface area contributed by atoms with Gasteiger partial charge in [-0.3, -0.25) is 9.78 Å². The smallest absolute Gasteiger partial charge is 0.272 e. The molecule has 0 fully saturated rings. The lowest BCUT2D eigenvalue weighted by Crippen LogP contribution is -2.17. The Morgan fingerprint density at radius 3 is 2.95 bits per heavy atom. The van der Waals surface area contributed by atoms with Crippen molar-refractivity contribution in [2.45, 2.75) is 6.92 Å². The first kappa shape index (κ1) is 12.8. The number of pyridine rings is 1. The highest BCUT2D eigenvalue weighted by molar-refractivity contribution is 5.94. The number of aryl methyl sites for hydroxylation is 1. The van der Waals surface area contributed by atoms with Gasteiger partial charge in [0.15, 0.2) is 0 Å². The van der Waals surface area contributed by atoms with Gasteiger partial charge in [-0.15, -0.1) is 0 Å². The van der Waals surface area contributed by atoms with E-state index in [0.29, 0.717) is 11.1 Å². The summed E-state index contributed by atoms with van der Waals surface area (Å²) in [5, 5.41) is 13.5. The van der Waals surface area contributed by atoms with Crippen molar-refractivity contribution in [3.8, 4) is 5.75 Å². The Morgan fingerprint density at radius 1 is 1.42 bits per heavy atom. The SMILES string of the molecule is Cc1ccc(/C=N\NC(=O)c2cccnc2)c(O)c1. The highest BCUT2D eigenvalue weighted by Crippen LogP contribution is 2.15. The summed E-state index contributed by atoms with van der Waals surface area (Å²) in [7, 11) is 0. The van der Waals surface area contributed by atoms with Crippen LogP contribution in [-0.2, 0) is 0 Å². The second-order valence-corrected chi connectivity index (χ2v) is 4.00. The van der Waals surface area contributed by atoms with Gasteiger partial charge >= 0.3 is 0 Å². The Labute approximate surface area is 110 Å². The molecule has 0 saturated heterocycles. The lowest BCUT2D eigenvalue weighted by Gasteiger charge is -2.01. The van der Waals surface area contributed by atoms with E-state index in [-0.39, 0.29) is 11.7 Å². The van der Waals surface area contributed by atoms with Crippen molar-refractivity contribution in [1.29, 1.82) is 0 Å². The van der Waals surface area contributed by atoms with Gasteiger partial charge in [0.2, 0.25) is 0 Å². The molecule has 1 heterocycles. The van der Waals surface area contributed by atoms with Gasteiger partial charge in [0.1, 0.15) is 5.75 Å². The molecular formula is C14H13N3O2. The topological polar surface area (TPSA) is 74.6 Å². The number of rotatable bonds is 3. The maximum absolute atomic E-state index is 11.6. The molecule has 0 unspecified atom stereocenters. The maximum atomic E-state index is 11.6. The normalized spacial score (nSPS) is 10.6. The van der Waals surface area contributed by atoms with Gasteiger partial charge in [-0.05, 0) is 36.8 Å². The van der Waals surface area contributed by atoms with Gasteiger partial charge < -0.3 is 5.11 Å². The van der Waals surface area contributed by atoms with Crippen LogP contribution in [0.3, 0.4) is 0 Å². The van der Waals surface area contributed by atoms with Crippen LogP contribution in [0.4, 0.5) is 0 Å². The molecule has 1 aromatic heterocycles. The third kappa shape index (κ3) is 3.38. The first-order valence-electron chi connectivity index (χ1n) is 5.70. The van der Waals surface area contributed by atoms with Gasteiger partial charge in [0.05, 0.1) is 11.8 Å². The van der Waals surface area contributed by atoms with E-state index in [1.54, 1.807) is 30.5 Å². The summed E-state index contributed by atoms with van der Waals surface area (Å²) < 4.78 is 0. The lowest BCUT2D eigenvalue weighted by atomic mass is 10.1. The molecule has 0 spiro atoms. The van der Waals surface area contributed by atoms with Crippen LogP contribution in [0.2, 0.25) is 0 Å². The van der Waals surface area contributed by atoms with Crippen LogP contribution in [-0.4, -0.2) is 22.2 Å². The van der Waals surface area contributed by atoms with Crippen LogP contribution < -0.4 is 5.43 Å². The van der Waals surface area contributed by atoms with E-state index in [1.807, 2.05) is 13.0 Å². The number of aromatic hydroxyl groups is 1. The molecule has 0 aliphatic carbocycles. The van der Waals surface area contributed by atoms with Crippen LogP contribution in [0.25, 0.3) is 0 Å². The largest absolute Gasteiger partial charge is 0.507 e. The first-order valence-corrected chi connectivity index (χ1v) is 5.70. The van der Waals surface area contributed by atoms with E-state index in [4.69, 9.17) is 0 Å². The zero-order valence-corrected chi connectivity index (χ0v) is 10.4. The summed E-state index contributed by atoms with van der Waals surface area (Å²) in [4.78, 5) is 15.5. The minimum atomic E-state index is -0.351. The molecule has 2 aromatic rings. The molecule has 5 nitrogen and oxygen atoms in total. The van der Waals surface area contributed by atoms with E-state index < -0.39 is 0 Å². The Kier molecular flexibility index (Phi) is 3.87. The maximum Gasteiger partial charge on any atom is 0.272 e. The van der Waals surface area contributed by atoms with Gasteiger partial charge in [-0.1, -0.05) is 6.07 Å². The lowest BCUT2D eigenvalue weighted by molar-refractivity contribution is 0.0954. The molecule has 1 aromatic carbocycles. The van der Waals surface area contributed by atoms with Crippen molar-refractivity contribution in [3.63, 3.8) is 0 Å². The molecule has 0 aliphatic heterocycles. The minimum absolute atomic E-state index is 0.124. The molecule has 0 radical (unpaired) electrons. The van der Waals surface area contributed by atoms with Gasteiger partial charge in [-0.2, -0.15) is 5.10 Å². The minimum Gasteiger partial charge on any atom is -0.507 e. The number of aromatic nitrogens is 1. The number of hydrazone groups is 1. The molecular weight excluding hydrogens is 242 g/mol. The quantitative estimate of drug-likeness (QED) is 0.649. The van der Waals surface area contributed by atoms with Crippen LogP contribution in [0.15, 0.2) is 47.8 Å². The first-order chi connectivity index (χ1) is 9.16. The fourth-order valence-electron chi connectivity index (χ4n) is 1.48. The van der Waals surface area contributed by atoms with Crippen LogP contribution >= 0.6 is 0 Å². The number of phenolic OH excluding ortho intramolecular Hbond substituents is 1. The van der Waals surface area contributed by atoms with Crippen molar-refractivity contribution in [2.75, 3.05) is 0 Å². The molecule has 96 valence electrons. The molecule has 0 aliphatic rings. The molecule has 1 amide bonds. The molecule has 0 bridgehead atoms. The highest BCUT2D eigenvalue weighted by atomic mass is 16.3. The number of hydrogen-bond donors (Lipinski definition) is 2. The summed E-state index contributed by atoms with van der Waals surface area (Å²) in [5.41, 5.74) is 4.28. The molecule has 19 heavy (non-hydrogen) atoms. The van der Waals surface area contributed by atoms with Crippen molar-refractivity contribution in [3.05, 3.63) is 59.4 Å². The average molecular weight is 255 g/mol. The molecule has 2 N–H and O–H groups in total. The summed E-state index contributed by atoms with van der Waals surface area (Å²) >= 11 is 0. The van der Waals surface area contributed by atoms with Gasteiger partial charge in [-0.25, -0.2) is 5.43 Å². The van der Waals surface area contributed by atoms with Crippen LogP contribution in [0, 0.1) is 6.92 Å². The molecule has 5 heteroatoms. The van der Waals surface area contributed by atoms with Gasteiger partial charge in [0, 0.05) is 18.0 Å². The van der Waals surface area contributed by atoms with Crippen LogP contribution in [0.5, 0.6) is 5.75 Å². The number of nitrogens with zero attached hydrogens (tertiary/aromatic N) is 2. The zero-order chi connectivity index (χ0) is 13.7. The Morgan fingerprint density at radius 2 is 2.26 bits per heavy atom. The number of phenols is 1. The summed E-state index contributed by atoms with van der Waals surface area (Å²) in [5.74, 6) is -0.227. The average Bonchev–Trinajstić information content (AvgIpc) is 2.42. The van der Waals surface area contributed by atoms with Crippen LogP contribution in [0.1, 0.15) is 21.5 Å². The van der Waals surface area contributed by atoms with E-state index in [0.717, 1.165) is 5.56 Å². The fraction of sp³-hybridized carbons (Fsp3) is 0.0714. The Bertz CT molecular complexity index is 609. The van der Waals surface area contributed by atoms with Crippen molar-refractivity contribution in [2.24, 2.45) is 5.10 Å². The predicted octanol–water partition coefficient (Wildman–Crippen LogP) is 1.86. The third-order valence-corrected chi connectivity index (χ3v) is 2.48. The number of nitrogens with one attached hydrogen (secondary N) is 1. The summed E-state index contributed by atoms with van der Waals surface area (Å²) in [6.07, 6.45) is 4.43. The number of carbonyl (C=O) groups excluding carboxylic acids is 1. The monoisotopic (exact) mass is 255 g/mol. The standard InChI is InChI=1S/C14H13N3O2/c1-10-4-5-11(13(18)7-10)9-16-17-14(19)12-3-2-6-15-8-12/h2-9,18H,1H3,(H,17,19)/b16-9-. The third-order valence-electron chi connectivity index (χ3n) is 2.48. The summed E-state index contributed by atoms with van der Waals surface area (Å²) in [6, 6.07) is 8.52. The zero-order valence-electron chi connectivity index (χ0n) is 10.4. The molecule has 2 rings (SSSR count). The second kappa shape index (κ2) is 5.77. The number of hydrogen-bond acceptors (Lipinski definition) is 4. The molecule has 0 atom stereocenters. The highest BCUT2D eigenvalue weighted by Gasteiger charge is 2.03. The van der Waals surface area contributed by atoms with E-state index in [1.165, 1.54) is 12.4 Å². The number of carbonyl (C=O) groups is 1. The van der Waals surface area contributed by atoms with E-state index in [2.05, 4.69) is 15.5 Å². The summed E-state index contributed by atoms with van der Waals surface area (Å²) in [6.45, 7) is 1.88.